The molecule has 2 aromatic rings. The third kappa shape index (κ3) is 2.04. The van der Waals surface area contributed by atoms with Gasteiger partial charge in [0.05, 0.1) is 11.8 Å². The highest BCUT2D eigenvalue weighted by Crippen LogP contribution is 2.33. The Balaban J connectivity index is 2.03. The number of nitrogen functional groups attached to an aromatic ring is 1. The van der Waals surface area contributed by atoms with Crippen LogP contribution in [-0.4, -0.2) is 12.5 Å². The van der Waals surface area contributed by atoms with E-state index in [0.717, 1.165) is 29.8 Å². The SMILES string of the molecule is Nc1cccc2c1CCCN2C(=O)c1ccoc1Br. The maximum Gasteiger partial charge on any atom is 0.262 e. The van der Waals surface area contributed by atoms with E-state index in [0.29, 0.717) is 16.8 Å². The molecule has 0 fully saturated rings. The van der Waals surface area contributed by atoms with Crippen molar-refractivity contribution in [3.63, 3.8) is 0 Å². The van der Waals surface area contributed by atoms with Crippen LogP contribution in [0.2, 0.25) is 0 Å². The quantitative estimate of drug-likeness (QED) is 0.821. The molecule has 98 valence electrons. The summed E-state index contributed by atoms with van der Waals surface area (Å²) in [5.74, 6) is -0.0628. The monoisotopic (exact) mass is 320 g/mol. The van der Waals surface area contributed by atoms with Crippen molar-refractivity contribution in [2.75, 3.05) is 17.2 Å². The second kappa shape index (κ2) is 4.74. The van der Waals surface area contributed by atoms with Crippen molar-refractivity contribution in [1.82, 2.24) is 0 Å². The van der Waals surface area contributed by atoms with Crippen molar-refractivity contribution in [2.45, 2.75) is 12.8 Å². The molecule has 0 radical (unpaired) electrons. The molecule has 0 saturated heterocycles. The van der Waals surface area contributed by atoms with Gasteiger partial charge < -0.3 is 15.1 Å². The average Bonchev–Trinajstić information content (AvgIpc) is 2.84. The van der Waals surface area contributed by atoms with Gasteiger partial charge in [0, 0.05) is 17.9 Å². The number of anilines is 2. The summed E-state index contributed by atoms with van der Waals surface area (Å²) in [4.78, 5) is 14.3. The zero-order chi connectivity index (χ0) is 13.4. The molecule has 0 atom stereocenters. The third-order valence-electron chi connectivity index (χ3n) is 3.38. The van der Waals surface area contributed by atoms with Crippen molar-refractivity contribution in [2.24, 2.45) is 0 Å². The summed E-state index contributed by atoms with van der Waals surface area (Å²) in [7, 11) is 0. The fraction of sp³-hybridized carbons (Fsp3) is 0.214. The first-order valence-electron chi connectivity index (χ1n) is 6.10. The molecule has 0 spiro atoms. The zero-order valence-corrected chi connectivity index (χ0v) is 11.8. The number of hydrogen-bond acceptors (Lipinski definition) is 3. The van der Waals surface area contributed by atoms with Crippen molar-refractivity contribution in [3.05, 3.63) is 46.3 Å². The van der Waals surface area contributed by atoms with E-state index in [1.165, 1.54) is 6.26 Å². The minimum atomic E-state index is -0.0628. The van der Waals surface area contributed by atoms with E-state index in [1.54, 1.807) is 11.0 Å². The van der Waals surface area contributed by atoms with Gasteiger partial charge in [-0.15, -0.1) is 0 Å². The summed E-state index contributed by atoms with van der Waals surface area (Å²) in [5.41, 5.74) is 9.24. The lowest BCUT2D eigenvalue weighted by molar-refractivity contribution is 0.0983. The molecule has 3 rings (SSSR count). The number of amides is 1. The fourth-order valence-electron chi connectivity index (χ4n) is 2.45. The molecule has 1 amide bonds. The fourth-order valence-corrected chi connectivity index (χ4v) is 2.86. The van der Waals surface area contributed by atoms with Crippen LogP contribution in [0.3, 0.4) is 0 Å². The molecule has 1 aliphatic rings. The van der Waals surface area contributed by atoms with E-state index >= 15 is 0 Å². The number of carbonyl (C=O) groups excluding carboxylic acids is 1. The van der Waals surface area contributed by atoms with Crippen molar-refractivity contribution < 1.29 is 9.21 Å². The first-order valence-corrected chi connectivity index (χ1v) is 6.90. The van der Waals surface area contributed by atoms with Gasteiger partial charge >= 0.3 is 0 Å². The van der Waals surface area contributed by atoms with Crippen molar-refractivity contribution in [3.8, 4) is 0 Å². The highest BCUT2D eigenvalue weighted by Gasteiger charge is 2.26. The summed E-state index contributed by atoms with van der Waals surface area (Å²) in [6.07, 6.45) is 3.34. The number of furan rings is 1. The number of nitrogens with two attached hydrogens (primary N) is 1. The van der Waals surface area contributed by atoms with Crippen LogP contribution in [0.15, 0.2) is 39.6 Å². The van der Waals surface area contributed by atoms with E-state index in [9.17, 15) is 4.79 Å². The highest BCUT2D eigenvalue weighted by atomic mass is 79.9. The lowest BCUT2D eigenvalue weighted by Gasteiger charge is -2.30. The number of benzene rings is 1. The number of rotatable bonds is 1. The van der Waals surface area contributed by atoms with Crippen LogP contribution >= 0.6 is 15.9 Å². The van der Waals surface area contributed by atoms with Gasteiger partial charge in [-0.25, -0.2) is 0 Å². The molecule has 0 unspecified atom stereocenters. The van der Waals surface area contributed by atoms with Crippen LogP contribution in [0.5, 0.6) is 0 Å². The Labute approximate surface area is 119 Å². The summed E-state index contributed by atoms with van der Waals surface area (Å²) in [6.45, 7) is 0.701. The zero-order valence-electron chi connectivity index (χ0n) is 10.2. The summed E-state index contributed by atoms with van der Waals surface area (Å²) in [5, 5.41) is 0. The van der Waals surface area contributed by atoms with Crippen LogP contribution in [0.4, 0.5) is 11.4 Å². The Morgan fingerprint density at radius 1 is 1.37 bits per heavy atom. The Hall–Kier alpha value is -1.75. The first kappa shape index (κ1) is 12.3. The average molecular weight is 321 g/mol. The number of nitrogens with zero attached hydrogens (tertiary/aromatic N) is 1. The predicted molar refractivity (Wildman–Crippen MR) is 77.3 cm³/mol. The molecule has 0 bridgehead atoms. The third-order valence-corrected chi connectivity index (χ3v) is 3.99. The normalized spacial score (nSPS) is 14.3. The second-order valence-corrected chi connectivity index (χ2v) is 5.23. The van der Waals surface area contributed by atoms with E-state index in [1.807, 2.05) is 18.2 Å². The van der Waals surface area contributed by atoms with Crippen LogP contribution in [-0.2, 0) is 6.42 Å². The molecule has 0 aliphatic carbocycles. The molecule has 19 heavy (non-hydrogen) atoms. The van der Waals surface area contributed by atoms with Crippen LogP contribution in [0.1, 0.15) is 22.3 Å². The largest absolute Gasteiger partial charge is 0.457 e. The van der Waals surface area contributed by atoms with E-state index in [-0.39, 0.29) is 5.91 Å². The van der Waals surface area contributed by atoms with Gasteiger partial charge in [0.15, 0.2) is 4.67 Å². The standard InChI is InChI=1S/C14H13BrN2O2/c15-13-10(6-8-19-13)14(18)17-7-2-3-9-11(16)4-1-5-12(9)17/h1,4-6,8H,2-3,7,16H2. The van der Waals surface area contributed by atoms with Gasteiger partial charge in [-0.3, -0.25) is 4.79 Å². The maximum absolute atomic E-state index is 12.6. The van der Waals surface area contributed by atoms with Crippen molar-refractivity contribution in [1.29, 1.82) is 0 Å². The summed E-state index contributed by atoms with van der Waals surface area (Å²) >= 11 is 3.25. The molecule has 2 heterocycles. The highest BCUT2D eigenvalue weighted by molar-refractivity contribution is 9.10. The number of carbonyl (C=O) groups is 1. The van der Waals surface area contributed by atoms with E-state index in [4.69, 9.17) is 10.2 Å². The van der Waals surface area contributed by atoms with E-state index in [2.05, 4.69) is 15.9 Å². The minimum Gasteiger partial charge on any atom is -0.457 e. The maximum atomic E-state index is 12.6. The van der Waals surface area contributed by atoms with Gasteiger partial charge in [0.25, 0.3) is 5.91 Å². The molecule has 0 saturated carbocycles. The molecule has 2 N–H and O–H groups in total. The second-order valence-electron chi connectivity index (χ2n) is 4.51. The molecule has 1 aromatic carbocycles. The van der Waals surface area contributed by atoms with Crippen molar-refractivity contribution >= 4 is 33.2 Å². The lowest BCUT2D eigenvalue weighted by Crippen LogP contribution is -2.35. The number of hydrogen-bond donors (Lipinski definition) is 1. The van der Waals surface area contributed by atoms with Gasteiger partial charge in [-0.1, -0.05) is 6.07 Å². The number of halogens is 1. The number of fused-ring (bicyclic) bond motifs is 1. The Morgan fingerprint density at radius 2 is 2.21 bits per heavy atom. The molecule has 1 aromatic heterocycles. The molecule has 1 aliphatic heterocycles. The van der Waals surface area contributed by atoms with Gasteiger partial charge in [-0.05, 0) is 52.5 Å². The Kier molecular flexibility index (Phi) is 3.06. The Bertz CT molecular complexity index is 636. The summed E-state index contributed by atoms with van der Waals surface area (Å²) in [6, 6.07) is 7.37. The topological polar surface area (TPSA) is 59.5 Å². The smallest absolute Gasteiger partial charge is 0.262 e. The van der Waals surface area contributed by atoms with Crippen LogP contribution in [0.25, 0.3) is 0 Å². The lowest BCUT2D eigenvalue weighted by atomic mass is 9.99. The molecule has 5 heteroatoms. The van der Waals surface area contributed by atoms with Gasteiger partial charge in [0.1, 0.15) is 0 Å². The first-order chi connectivity index (χ1) is 9.18. The predicted octanol–water partition coefficient (Wildman–Crippen LogP) is 3.22. The van der Waals surface area contributed by atoms with Gasteiger partial charge in [-0.2, -0.15) is 0 Å². The molecular formula is C14H13BrN2O2. The van der Waals surface area contributed by atoms with Crippen LogP contribution in [0, 0.1) is 0 Å². The molecular weight excluding hydrogens is 308 g/mol. The minimum absolute atomic E-state index is 0.0628. The van der Waals surface area contributed by atoms with Gasteiger partial charge in [0.2, 0.25) is 0 Å². The van der Waals surface area contributed by atoms with Crippen LogP contribution < -0.4 is 10.6 Å². The summed E-state index contributed by atoms with van der Waals surface area (Å²) < 4.78 is 5.60. The Morgan fingerprint density at radius 3 is 2.95 bits per heavy atom. The van der Waals surface area contributed by atoms with E-state index < -0.39 is 0 Å². The molecule has 4 nitrogen and oxygen atoms in total.